The van der Waals surface area contributed by atoms with Crippen molar-refractivity contribution in [3.63, 3.8) is 0 Å². The van der Waals surface area contributed by atoms with Gasteiger partial charge in [-0.05, 0) is 67.1 Å². The lowest BCUT2D eigenvalue weighted by Gasteiger charge is -2.11. The molecule has 1 aromatic heterocycles. The van der Waals surface area contributed by atoms with E-state index in [4.69, 9.17) is 9.84 Å². The number of aryl methyl sites for hydroxylation is 1. The van der Waals surface area contributed by atoms with E-state index in [1.807, 2.05) is 49.4 Å². The molecule has 0 spiro atoms. The van der Waals surface area contributed by atoms with Gasteiger partial charge in [-0.15, -0.1) is 0 Å². The Morgan fingerprint density at radius 3 is 2.21 bits per heavy atom. The molecule has 1 N–H and O–H groups in total. The summed E-state index contributed by atoms with van der Waals surface area (Å²) in [6.07, 6.45) is 0. The first kappa shape index (κ1) is 24.6. The van der Waals surface area contributed by atoms with Gasteiger partial charge in [0.25, 0.3) is 5.91 Å². The predicted octanol–water partition coefficient (Wildman–Crippen LogP) is 6.83. The van der Waals surface area contributed by atoms with Gasteiger partial charge < -0.3 is 10.1 Å². The van der Waals surface area contributed by atoms with Crippen molar-refractivity contribution in [1.29, 1.82) is 0 Å². The van der Waals surface area contributed by atoms with E-state index in [0.717, 1.165) is 16.7 Å². The molecule has 38 heavy (non-hydrogen) atoms. The van der Waals surface area contributed by atoms with Crippen molar-refractivity contribution in [2.45, 2.75) is 13.8 Å². The topological polar surface area (TPSA) is 73.2 Å². The van der Waals surface area contributed by atoms with Crippen LogP contribution in [0, 0.1) is 12.7 Å². The summed E-state index contributed by atoms with van der Waals surface area (Å²) in [5.41, 5.74) is 5.48. The van der Waals surface area contributed by atoms with Gasteiger partial charge in [0, 0.05) is 23.7 Å². The van der Waals surface area contributed by atoms with Gasteiger partial charge in [-0.3, -0.25) is 9.59 Å². The number of anilines is 1. The van der Waals surface area contributed by atoms with E-state index in [2.05, 4.69) is 5.32 Å². The molecule has 0 saturated heterocycles. The maximum Gasteiger partial charge on any atom is 0.309 e. The molecule has 1 heterocycles. The summed E-state index contributed by atoms with van der Waals surface area (Å²) in [5, 5.41) is 7.70. The van der Waals surface area contributed by atoms with Gasteiger partial charge in [0.05, 0.1) is 11.3 Å². The van der Waals surface area contributed by atoms with E-state index in [1.54, 1.807) is 48.5 Å². The fourth-order valence-corrected chi connectivity index (χ4v) is 4.16. The Kier molecular flexibility index (Phi) is 6.82. The first-order valence-corrected chi connectivity index (χ1v) is 12.0. The van der Waals surface area contributed by atoms with Crippen LogP contribution in [-0.4, -0.2) is 21.7 Å². The Morgan fingerprint density at radius 1 is 0.842 bits per heavy atom. The van der Waals surface area contributed by atoms with E-state index in [-0.39, 0.29) is 17.6 Å². The molecule has 5 aromatic rings. The van der Waals surface area contributed by atoms with Crippen molar-refractivity contribution in [3.8, 4) is 34.0 Å². The Labute approximate surface area is 219 Å². The minimum Gasteiger partial charge on any atom is -0.407 e. The van der Waals surface area contributed by atoms with E-state index in [0.29, 0.717) is 28.2 Å². The van der Waals surface area contributed by atoms with E-state index >= 15 is 0 Å². The van der Waals surface area contributed by atoms with Crippen molar-refractivity contribution in [3.05, 3.63) is 120 Å². The highest BCUT2D eigenvalue weighted by Gasteiger charge is 2.25. The molecule has 5 rings (SSSR count). The predicted molar refractivity (Wildman–Crippen MR) is 145 cm³/mol. The number of halogens is 1. The lowest BCUT2D eigenvalue weighted by Crippen LogP contribution is -2.11. The van der Waals surface area contributed by atoms with Crippen molar-refractivity contribution >= 4 is 17.6 Å². The van der Waals surface area contributed by atoms with E-state index in [9.17, 15) is 14.0 Å². The number of aromatic nitrogens is 2. The third-order valence-corrected chi connectivity index (χ3v) is 5.91. The third kappa shape index (κ3) is 5.22. The van der Waals surface area contributed by atoms with E-state index in [1.165, 1.54) is 23.7 Å². The highest BCUT2D eigenvalue weighted by Crippen LogP contribution is 2.41. The molecule has 188 valence electrons. The summed E-state index contributed by atoms with van der Waals surface area (Å²) in [6.45, 7) is 3.30. The van der Waals surface area contributed by atoms with Crippen molar-refractivity contribution in [1.82, 2.24) is 9.78 Å². The van der Waals surface area contributed by atoms with Crippen molar-refractivity contribution < 1.29 is 18.7 Å². The fourth-order valence-electron chi connectivity index (χ4n) is 4.16. The van der Waals surface area contributed by atoms with Crippen LogP contribution in [0.3, 0.4) is 0 Å². The molecule has 4 aromatic carbocycles. The summed E-state index contributed by atoms with van der Waals surface area (Å²) in [7, 11) is 0. The molecular weight excluding hydrogens is 481 g/mol. The summed E-state index contributed by atoms with van der Waals surface area (Å²) in [6, 6.07) is 29.8. The number of esters is 1. The summed E-state index contributed by atoms with van der Waals surface area (Å²) in [5.74, 6) is -0.913. The molecule has 0 unspecified atom stereocenters. The number of benzene rings is 4. The van der Waals surface area contributed by atoms with Gasteiger partial charge >= 0.3 is 5.97 Å². The van der Waals surface area contributed by atoms with Crippen LogP contribution in [0.1, 0.15) is 22.8 Å². The van der Waals surface area contributed by atoms with Gasteiger partial charge in [-0.25, -0.2) is 4.39 Å². The Balaban J connectivity index is 1.62. The standard InChI is InChI=1S/C31H24FN3O3/c1-20-7-6-10-24(19-20)29-28(31(38-21(2)36)35(34-29)27-17-13-25(32)14-18-27)22-11-15-26(16-12-22)33-30(37)23-8-4-3-5-9-23/h3-19H,1-2H3,(H,33,37). The number of nitrogens with one attached hydrogen (secondary N) is 1. The highest BCUT2D eigenvalue weighted by atomic mass is 19.1. The van der Waals surface area contributed by atoms with Gasteiger partial charge in [0.15, 0.2) is 0 Å². The molecule has 0 saturated carbocycles. The minimum atomic E-state index is -0.517. The maximum atomic E-state index is 13.7. The largest absolute Gasteiger partial charge is 0.407 e. The lowest BCUT2D eigenvalue weighted by molar-refractivity contribution is -0.132. The van der Waals surface area contributed by atoms with Crippen molar-refractivity contribution in [2.75, 3.05) is 5.32 Å². The molecule has 6 nitrogen and oxygen atoms in total. The highest BCUT2D eigenvalue weighted by molar-refractivity contribution is 6.04. The maximum absolute atomic E-state index is 13.7. The lowest BCUT2D eigenvalue weighted by atomic mass is 10.00. The molecule has 0 atom stereocenters. The number of ether oxygens (including phenoxy) is 1. The number of carbonyl (C=O) groups is 2. The van der Waals surface area contributed by atoms with Crippen LogP contribution in [0.5, 0.6) is 5.88 Å². The molecule has 0 fully saturated rings. The molecule has 1 amide bonds. The molecule has 0 radical (unpaired) electrons. The Morgan fingerprint density at radius 2 is 1.55 bits per heavy atom. The summed E-state index contributed by atoms with van der Waals surface area (Å²) >= 11 is 0. The summed E-state index contributed by atoms with van der Waals surface area (Å²) in [4.78, 5) is 24.8. The quantitative estimate of drug-likeness (QED) is 0.257. The van der Waals surface area contributed by atoms with E-state index < -0.39 is 5.97 Å². The zero-order chi connectivity index (χ0) is 26.6. The normalized spacial score (nSPS) is 10.7. The van der Waals surface area contributed by atoms with Crippen LogP contribution in [0.15, 0.2) is 103 Å². The van der Waals surface area contributed by atoms with Gasteiger partial charge in [0.2, 0.25) is 5.88 Å². The molecule has 7 heteroatoms. The number of hydrogen-bond acceptors (Lipinski definition) is 4. The number of nitrogens with zero attached hydrogens (tertiary/aromatic N) is 2. The Bertz CT molecular complexity index is 1610. The number of hydrogen-bond donors (Lipinski definition) is 1. The van der Waals surface area contributed by atoms with Crippen LogP contribution in [0.2, 0.25) is 0 Å². The molecule has 0 aliphatic heterocycles. The van der Waals surface area contributed by atoms with Crippen LogP contribution in [0.4, 0.5) is 10.1 Å². The number of amides is 1. The fraction of sp³-hybridized carbons (Fsp3) is 0.0645. The minimum absolute atomic E-state index is 0.210. The van der Waals surface area contributed by atoms with Crippen LogP contribution >= 0.6 is 0 Å². The monoisotopic (exact) mass is 505 g/mol. The third-order valence-electron chi connectivity index (χ3n) is 5.91. The Hall–Kier alpha value is -5.04. The van der Waals surface area contributed by atoms with Crippen molar-refractivity contribution in [2.24, 2.45) is 0 Å². The summed E-state index contributed by atoms with van der Waals surface area (Å²) < 4.78 is 20.9. The van der Waals surface area contributed by atoms with Crippen LogP contribution in [0.25, 0.3) is 28.1 Å². The van der Waals surface area contributed by atoms with Crippen LogP contribution in [-0.2, 0) is 4.79 Å². The number of carbonyl (C=O) groups excluding carboxylic acids is 2. The second-order valence-corrected chi connectivity index (χ2v) is 8.78. The first-order valence-electron chi connectivity index (χ1n) is 12.0. The molecule has 0 aliphatic rings. The second-order valence-electron chi connectivity index (χ2n) is 8.78. The number of rotatable bonds is 6. The van der Waals surface area contributed by atoms with Gasteiger partial charge in [0.1, 0.15) is 11.5 Å². The van der Waals surface area contributed by atoms with Crippen LogP contribution < -0.4 is 10.1 Å². The first-order chi connectivity index (χ1) is 18.4. The molecular formula is C31H24FN3O3. The molecule has 0 bridgehead atoms. The zero-order valence-electron chi connectivity index (χ0n) is 20.8. The van der Waals surface area contributed by atoms with Gasteiger partial charge in [-0.1, -0.05) is 54.1 Å². The average molecular weight is 506 g/mol. The SMILES string of the molecule is CC(=O)Oc1c(-c2ccc(NC(=O)c3ccccc3)cc2)c(-c2cccc(C)c2)nn1-c1ccc(F)cc1. The zero-order valence-corrected chi connectivity index (χ0v) is 20.8. The average Bonchev–Trinajstić information content (AvgIpc) is 3.28. The molecule has 0 aliphatic carbocycles. The smallest absolute Gasteiger partial charge is 0.309 e. The second kappa shape index (κ2) is 10.5. The van der Waals surface area contributed by atoms with Gasteiger partial charge in [-0.2, -0.15) is 9.78 Å².